The third-order valence-corrected chi connectivity index (χ3v) is 2.88. The molecule has 2 rings (SSSR count). The molecule has 0 amide bonds. The number of hydrogen-bond donors (Lipinski definition) is 2. The molecule has 1 atom stereocenters. The molecule has 0 heterocycles. The molecule has 1 fully saturated rings. The minimum atomic E-state index is -0.731. The average molecular weight is 177 g/mol. The topological polar surface area (TPSA) is 46.2 Å². The van der Waals surface area contributed by atoms with Crippen LogP contribution in [0.3, 0.4) is 0 Å². The number of nitrogen functional groups attached to an aromatic ring is 1. The van der Waals surface area contributed by atoms with E-state index in [1.54, 1.807) is 0 Å². The molecule has 13 heavy (non-hydrogen) atoms. The van der Waals surface area contributed by atoms with Gasteiger partial charge in [-0.05, 0) is 31.7 Å². The van der Waals surface area contributed by atoms with Crippen molar-refractivity contribution < 1.29 is 5.11 Å². The van der Waals surface area contributed by atoms with E-state index in [0.717, 1.165) is 18.4 Å². The fraction of sp³-hybridized carbons (Fsp3) is 0.455. The van der Waals surface area contributed by atoms with Crippen molar-refractivity contribution in [1.29, 1.82) is 0 Å². The third-order valence-electron chi connectivity index (χ3n) is 2.88. The van der Waals surface area contributed by atoms with Crippen molar-refractivity contribution in [3.63, 3.8) is 0 Å². The van der Waals surface area contributed by atoms with Gasteiger partial charge in [0.25, 0.3) is 0 Å². The van der Waals surface area contributed by atoms with Crippen LogP contribution in [-0.4, -0.2) is 5.11 Å². The maximum atomic E-state index is 10.2. The van der Waals surface area contributed by atoms with Gasteiger partial charge in [-0.15, -0.1) is 0 Å². The number of rotatable bonds is 2. The van der Waals surface area contributed by atoms with Crippen LogP contribution in [0.25, 0.3) is 0 Å². The zero-order valence-corrected chi connectivity index (χ0v) is 7.83. The van der Waals surface area contributed by atoms with E-state index in [2.05, 4.69) is 0 Å². The molecule has 0 bridgehead atoms. The molecule has 0 radical (unpaired) electrons. The Labute approximate surface area is 78.4 Å². The summed E-state index contributed by atoms with van der Waals surface area (Å²) in [6.45, 7) is 1.86. The van der Waals surface area contributed by atoms with E-state index in [-0.39, 0.29) is 0 Å². The number of aliphatic hydroxyl groups is 1. The van der Waals surface area contributed by atoms with Gasteiger partial charge in [0.2, 0.25) is 0 Å². The van der Waals surface area contributed by atoms with Gasteiger partial charge < -0.3 is 10.8 Å². The van der Waals surface area contributed by atoms with Crippen LogP contribution in [0.2, 0.25) is 0 Å². The Hall–Kier alpha value is -1.02. The minimum absolute atomic E-state index is 0.400. The molecule has 1 saturated carbocycles. The summed E-state index contributed by atoms with van der Waals surface area (Å²) in [5, 5.41) is 10.2. The summed E-state index contributed by atoms with van der Waals surface area (Å²) in [6.07, 6.45) is 2.22. The summed E-state index contributed by atoms with van der Waals surface area (Å²) in [6, 6.07) is 7.56. The van der Waals surface area contributed by atoms with Gasteiger partial charge in [-0.3, -0.25) is 0 Å². The summed E-state index contributed by atoms with van der Waals surface area (Å²) < 4.78 is 0. The second-order valence-electron chi connectivity index (χ2n) is 4.01. The van der Waals surface area contributed by atoms with Crippen molar-refractivity contribution in [2.75, 3.05) is 5.73 Å². The van der Waals surface area contributed by atoms with Crippen LogP contribution in [0, 0.1) is 5.92 Å². The highest BCUT2D eigenvalue weighted by molar-refractivity contribution is 5.49. The Morgan fingerprint density at radius 3 is 2.54 bits per heavy atom. The quantitative estimate of drug-likeness (QED) is 0.677. The Kier molecular flexibility index (Phi) is 1.81. The number of hydrogen-bond acceptors (Lipinski definition) is 2. The van der Waals surface area contributed by atoms with E-state index in [0.29, 0.717) is 11.6 Å². The second-order valence-corrected chi connectivity index (χ2v) is 4.01. The lowest BCUT2D eigenvalue weighted by molar-refractivity contribution is 0.0338. The first-order valence-electron chi connectivity index (χ1n) is 4.69. The van der Waals surface area contributed by atoms with Crippen molar-refractivity contribution in [1.82, 2.24) is 0 Å². The van der Waals surface area contributed by atoms with E-state index < -0.39 is 5.60 Å². The van der Waals surface area contributed by atoms with Gasteiger partial charge in [0.15, 0.2) is 0 Å². The van der Waals surface area contributed by atoms with Gasteiger partial charge in [-0.1, -0.05) is 18.2 Å². The summed E-state index contributed by atoms with van der Waals surface area (Å²) in [4.78, 5) is 0. The fourth-order valence-electron chi connectivity index (χ4n) is 1.82. The van der Waals surface area contributed by atoms with Crippen molar-refractivity contribution >= 4 is 5.69 Å². The first-order valence-corrected chi connectivity index (χ1v) is 4.69. The summed E-state index contributed by atoms with van der Waals surface area (Å²) in [5.41, 5.74) is 6.65. The van der Waals surface area contributed by atoms with Crippen LogP contribution in [0.1, 0.15) is 25.3 Å². The molecular formula is C11H15NO. The van der Waals surface area contributed by atoms with Crippen molar-refractivity contribution in [2.24, 2.45) is 5.92 Å². The third kappa shape index (κ3) is 1.42. The molecule has 3 N–H and O–H groups in total. The molecule has 0 saturated heterocycles. The van der Waals surface area contributed by atoms with E-state index in [1.807, 2.05) is 31.2 Å². The van der Waals surface area contributed by atoms with E-state index in [1.165, 1.54) is 0 Å². The SMILES string of the molecule is C[C@@](O)(c1ccccc1N)C1CC1. The monoisotopic (exact) mass is 177 g/mol. The maximum absolute atomic E-state index is 10.2. The molecule has 1 aromatic rings. The van der Waals surface area contributed by atoms with Crippen LogP contribution in [0.15, 0.2) is 24.3 Å². The Morgan fingerprint density at radius 2 is 2.00 bits per heavy atom. The van der Waals surface area contributed by atoms with Gasteiger partial charge in [0.1, 0.15) is 0 Å². The molecule has 1 aromatic carbocycles. The molecule has 1 aliphatic rings. The Balaban J connectivity index is 2.38. The van der Waals surface area contributed by atoms with Crippen molar-refractivity contribution in [2.45, 2.75) is 25.4 Å². The summed E-state index contributed by atoms with van der Waals surface area (Å²) in [7, 11) is 0. The Morgan fingerprint density at radius 1 is 1.38 bits per heavy atom. The first kappa shape index (κ1) is 8.57. The summed E-state index contributed by atoms with van der Waals surface area (Å²) in [5.74, 6) is 0.400. The smallest absolute Gasteiger partial charge is 0.0916 e. The molecule has 2 heteroatoms. The van der Waals surface area contributed by atoms with Crippen molar-refractivity contribution in [3.8, 4) is 0 Å². The number of anilines is 1. The number of benzene rings is 1. The molecule has 70 valence electrons. The van der Waals surface area contributed by atoms with E-state index >= 15 is 0 Å². The molecule has 2 nitrogen and oxygen atoms in total. The van der Waals surface area contributed by atoms with Gasteiger partial charge in [0.05, 0.1) is 5.60 Å². The van der Waals surface area contributed by atoms with Crippen LogP contribution in [0.4, 0.5) is 5.69 Å². The maximum Gasteiger partial charge on any atom is 0.0916 e. The summed E-state index contributed by atoms with van der Waals surface area (Å²) >= 11 is 0. The average Bonchev–Trinajstić information content (AvgIpc) is 2.86. The largest absolute Gasteiger partial charge is 0.398 e. The van der Waals surface area contributed by atoms with Crippen LogP contribution >= 0.6 is 0 Å². The lowest BCUT2D eigenvalue weighted by atomic mass is 9.90. The highest BCUT2D eigenvalue weighted by Gasteiger charge is 2.41. The van der Waals surface area contributed by atoms with Crippen LogP contribution < -0.4 is 5.73 Å². The molecule has 0 unspecified atom stereocenters. The van der Waals surface area contributed by atoms with E-state index in [4.69, 9.17) is 5.73 Å². The number of nitrogens with two attached hydrogens (primary N) is 1. The van der Waals surface area contributed by atoms with Gasteiger partial charge >= 0.3 is 0 Å². The Bertz CT molecular complexity index is 316. The van der Waals surface area contributed by atoms with Crippen molar-refractivity contribution in [3.05, 3.63) is 29.8 Å². The van der Waals surface area contributed by atoms with Crippen LogP contribution in [0.5, 0.6) is 0 Å². The highest BCUT2D eigenvalue weighted by atomic mass is 16.3. The molecule has 1 aliphatic carbocycles. The molecular weight excluding hydrogens is 162 g/mol. The lowest BCUT2D eigenvalue weighted by Gasteiger charge is -2.24. The first-order chi connectivity index (χ1) is 6.12. The zero-order chi connectivity index (χ0) is 9.47. The molecule has 0 aliphatic heterocycles. The minimum Gasteiger partial charge on any atom is -0.398 e. The zero-order valence-electron chi connectivity index (χ0n) is 7.83. The predicted octanol–water partition coefficient (Wildman–Crippen LogP) is 1.89. The van der Waals surface area contributed by atoms with E-state index in [9.17, 15) is 5.11 Å². The van der Waals surface area contributed by atoms with Gasteiger partial charge in [-0.25, -0.2) is 0 Å². The lowest BCUT2D eigenvalue weighted by Crippen LogP contribution is -2.25. The fourth-order valence-corrected chi connectivity index (χ4v) is 1.82. The van der Waals surface area contributed by atoms with Crippen LogP contribution in [-0.2, 0) is 5.60 Å². The van der Waals surface area contributed by atoms with Gasteiger partial charge in [0, 0.05) is 11.3 Å². The van der Waals surface area contributed by atoms with Gasteiger partial charge in [-0.2, -0.15) is 0 Å². The normalized spacial score (nSPS) is 21.1. The molecule has 0 spiro atoms. The second kappa shape index (κ2) is 2.74. The number of para-hydroxylation sites is 1. The highest BCUT2D eigenvalue weighted by Crippen LogP contribution is 2.46. The molecule has 0 aromatic heterocycles. The predicted molar refractivity (Wildman–Crippen MR) is 53.1 cm³/mol. The standard InChI is InChI=1S/C11H15NO/c1-11(13,8-6-7-8)9-4-2-3-5-10(9)12/h2-5,8,13H,6-7,12H2,1H3/t11-/m0/s1.